The second-order valence-electron chi connectivity index (χ2n) is 4.67. The Labute approximate surface area is 114 Å². The second kappa shape index (κ2) is 6.55. The summed E-state index contributed by atoms with van der Waals surface area (Å²) in [6.45, 7) is 4.89. The molecule has 0 aliphatic rings. The van der Waals surface area contributed by atoms with Crippen molar-refractivity contribution in [1.29, 1.82) is 0 Å². The first kappa shape index (κ1) is 17.4. The van der Waals surface area contributed by atoms with Crippen LogP contribution in [-0.2, 0) is 19.1 Å². The zero-order valence-electron chi connectivity index (χ0n) is 11.5. The Hall–Kier alpha value is -2.58. The van der Waals surface area contributed by atoms with E-state index in [2.05, 4.69) is 5.43 Å². The molecule has 0 aromatic carbocycles. The summed E-state index contributed by atoms with van der Waals surface area (Å²) in [7, 11) is 1.22. The Bertz CT molecular complexity index is 462. The summed E-state index contributed by atoms with van der Waals surface area (Å²) in [5.74, 6) is -5.26. The number of nitrogens with zero attached hydrogens (tertiary/aromatic N) is 1. The predicted octanol–water partition coefficient (Wildman–Crippen LogP) is -0.0199. The molecular weight excluding hydrogens is 272 g/mol. The Kier molecular flexibility index (Phi) is 5.70. The first-order valence-electron chi connectivity index (χ1n) is 5.39. The van der Waals surface area contributed by atoms with Crippen molar-refractivity contribution in [3.05, 3.63) is 11.8 Å². The zero-order valence-corrected chi connectivity index (χ0v) is 11.5. The Morgan fingerprint density at radius 3 is 1.95 bits per heavy atom. The van der Waals surface area contributed by atoms with Crippen LogP contribution < -0.4 is 5.43 Å². The van der Waals surface area contributed by atoms with Crippen LogP contribution in [0, 0.1) is 0 Å². The van der Waals surface area contributed by atoms with E-state index >= 15 is 0 Å². The molecule has 0 heterocycles. The van der Waals surface area contributed by atoms with Gasteiger partial charge >= 0.3 is 18.0 Å². The van der Waals surface area contributed by atoms with Gasteiger partial charge in [0.2, 0.25) is 0 Å². The molecule has 112 valence electrons. The normalized spacial score (nSPS) is 11.5. The molecule has 0 aliphatic carbocycles. The number of rotatable bonds is 5. The van der Waals surface area contributed by atoms with E-state index in [4.69, 9.17) is 14.9 Å². The molecule has 0 fully saturated rings. The average molecular weight is 288 g/mol. The summed E-state index contributed by atoms with van der Waals surface area (Å²) in [6.07, 6.45) is -0.232. The number of nitrogens with one attached hydrogen (secondary N) is 1. The molecule has 1 amide bonds. The van der Waals surface area contributed by atoms with Crippen LogP contribution in [0.3, 0.4) is 0 Å². The number of Topliss-reactive ketones (excluding diaryl/α,β-unsaturated/α-hetero) is 1. The molecule has 0 aromatic heterocycles. The van der Waals surface area contributed by atoms with Crippen LogP contribution in [0.15, 0.2) is 11.8 Å². The molecule has 20 heavy (non-hydrogen) atoms. The summed E-state index contributed by atoms with van der Waals surface area (Å²) in [4.78, 5) is 43.7. The molecule has 0 atom stereocenters. The first-order valence-corrected chi connectivity index (χ1v) is 5.39. The standard InChI is InChI=1S/C11H16N2O7/c1-11(2,3)20-10(19)13(4)12-5-6(8(15)16)7(14)9(17)18/h5,12H,1-4H3,(H,15,16)(H,17,18). The van der Waals surface area contributed by atoms with E-state index in [1.807, 2.05) is 0 Å². The average Bonchev–Trinajstić information content (AvgIpc) is 2.25. The number of carboxylic acid groups (broad SMARTS) is 2. The lowest BCUT2D eigenvalue weighted by Crippen LogP contribution is -2.41. The van der Waals surface area contributed by atoms with Crippen LogP contribution in [0.4, 0.5) is 4.79 Å². The third-order valence-electron chi connectivity index (χ3n) is 1.74. The third-order valence-corrected chi connectivity index (χ3v) is 1.74. The van der Waals surface area contributed by atoms with Gasteiger partial charge in [0.15, 0.2) is 0 Å². The van der Waals surface area contributed by atoms with Crippen LogP contribution in [-0.4, -0.2) is 51.7 Å². The van der Waals surface area contributed by atoms with E-state index in [1.54, 1.807) is 20.8 Å². The lowest BCUT2D eigenvalue weighted by atomic mass is 10.2. The lowest BCUT2D eigenvalue weighted by Gasteiger charge is -2.24. The SMILES string of the molecule is CN(NC=C(C(=O)O)C(=O)C(=O)O)C(=O)OC(C)(C)C. The van der Waals surface area contributed by atoms with Crippen molar-refractivity contribution >= 4 is 23.8 Å². The highest BCUT2D eigenvalue weighted by Gasteiger charge is 2.25. The molecule has 0 bridgehead atoms. The number of amides is 1. The monoisotopic (exact) mass is 288 g/mol. The quantitative estimate of drug-likeness (QED) is 0.211. The van der Waals surface area contributed by atoms with E-state index in [9.17, 15) is 19.2 Å². The number of hydrogen-bond donors (Lipinski definition) is 3. The smallest absolute Gasteiger partial charge is 0.428 e. The van der Waals surface area contributed by atoms with Crippen LogP contribution in [0.1, 0.15) is 20.8 Å². The topological polar surface area (TPSA) is 133 Å². The minimum absolute atomic E-state index is 0.600. The summed E-state index contributed by atoms with van der Waals surface area (Å²) in [6, 6.07) is 0. The molecule has 0 saturated heterocycles. The maximum atomic E-state index is 11.5. The highest BCUT2D eigenvalue weighted by Crippen LogP contribution is 2.08. The zero-order chi connectivity index (χ0) is 16.1. The third kappa shape index (κ3) is 5.85. The summed E-state index contributed by atoms with van der Waals surface area (Å²) in [5.41, 5.74) is 0.373. The van der Waals surface area contributed by atoms with Crippen molar-refractivity contribution in [3.8, 4) is 0 Å². The fourth-order valence-corrected chi connectivity index (χ4v) is 0.884. The summed E-state index contributed by atoms with van der Waals surface area (Å²) < 4.78 is 4.95. The maximum absolute atomic E-state index is 11.5. The van der Waals surface area contributed by atoms with Gasteiger partial charge in [-0.2, -0.15) is 0 Å². The number of carbonyl (C=O) groups is 4. The van der Waals surface area contributed by atoms with Crippen LogP contribution >= 0.6 is 0 Å². The molecule has 0 saturated carbocycles. The molecular formula is C11H16N2O7. The Balaban J connectivity index is 4.88. The fraction of sp³-hybridized carbons (Fsp3) is 0.455. The van der Waals surface area contributed by atoms with Gasteiger partial charge in [-0.15, -0.1) is 0 Å². The van der Waals surface area contributed by atoms with Crippen molar-refractivity contribution in [2.24, 2.45) is 0 Å². The highest BCUT2D eigenvalue weighted by molar-refractivity contribution is 6.45. The molecule has 0 unspecified atom stereocenters. The molecule has 9 nitrogen and oxygen atoms in total. The minimum Gasteiger partial charge on any atom is -0.477 e. The number of carbonyl (C=O) groups excluding carboxylic acids is 2. The molecule has 9 heteroatoms. The number of aliphatic carboxylic acids is 2. The summed E-state index contributed by atoms with van der Waals surface area (Å²) >= 11 is 0. The van der Waals surface area contributed by atoms with E-state index < -0.39 is 35.0 Å². The number of ether oxygens (including phenoxy) is 1. The van der Waals surface area contributed by atoms with Crippen molar-refractivity contribution in [1.82, 2.24) is 10.4 Å². The van der Waals surface area contributed by atoms with Gasteiger partial charge in [0, 0.05) is 13.2 Å². The van der Waals surface area contributed by atoms with Crippen LogP contribution in [0.2, 0.25) is 0 Å². The Morgan fingerprint density at radius 1 is 1.10 bits per heavy atom. The number of hydrazine groups is 1. The molecule has 0 radical (unpaired) electrons. The van der Waals surface area contributed by atoms with Gasteiger partial charge < -0.3 is 14.9 Å². The van der Waals surface area contributed by atoms with Crippen molar-refractivity contribution in [3.63, 3.8) is 0 Å². The number of hydrogen-bond acceptors (Lipinski definition) is 6. The van der Waals surface area contributed by atoms with Gasteiger partial charge in [-0.25, -0.2) is 19.4 Å². The van der Waals surface area contributed by atoms with E-state index in [1.165, 1.54) is 7.05 Å². The van der Waals surface area contributed by atoms with Gasteiger partial charge in [0.25, 0.3) is 5.78 Å². The van der Waals surface area contributed by atoms with Gasteiger partial charge in [-0.1, -0.05) is 0 Å². The molecule has 0 aliphatic heterocycles. The van der Waals surface area contributed by atoms with Gasteiger partial charge in [-0.05, 0) is 20.8 Å². The van der Waals surface area contributed by atoms with Gasteiger partial charge in [-0.3, -0.25) is 10.2 Å². The van der Waals surface area contributed by atoms with Crippen molar-refractivity contribution in [2.75, 3.05) is 7.05 Å². The van der Waals surface area contributed by atoms with Crippen molar-refractivity contribution in [2.45, 2.75) is 26.4 Å². The highest BCUT2D eigenvalue weighted by atomic mass is 16.6. The predicted molar refractivity (Wildman–Crippen MR) is 65.5 cm³/mol. The largest absolute Gasteiger partial charge is 0.477 e. The minimum atomic E-state index is -1.92. The lowest BCUT2D eigenvalue weighted by molar-refractivity contribution is -0.149. The van der Waals surface area contributed by atoms with Crippen LogP contribution in [0.5, 0.6) is 0 Å². The number of carboxylic acids is 2. The van der Waals surface area contributed by atoms with E-state index in [0.29, 0.717) is 6.20 Å². The second-order valence-corrected chi connectivity index (χ2v) is 4.67. The molecule has 0 spiro atoms. The number of ketones is 1. The molecule has 0 rings (SSSR count). The maximum Gasteiger partial charge on any atom is 0.428 e. The van der Waals surface area contributed by atoms with Gasteiger partial charge in [0.05, 0.1) is 0 Å². The van der Waals surface area contributed by atoms with Crippen molar-refractivity contribution < 1.29 is 34.1 Å². The molecule has 0 aromatic rings. The summed E-state index contributed by atoms with van der Waals surface area (Å²) in [5, 5.41) is 17.9. The Morgan fingerprint density at radius 2 is 1.60 bits per heavy atom. The van der Waals surface area contributed by atoms with Crippen LogP contribution in [0.25, 0.3) is 0 Å². The van der Waals surface area contributed by atoms with E-state index in [0.717, 1.165) is 5.01 Å². The first-order chi connectivity index (χ1) is 8.95. The van der Waals surface area contributed by atoms with E-state index in [-0.39, 0.29) is 0 Å². The fourth-order valence-electron chi connectivity index (χ4n) is 0.884. The van der Waals surface area contributed by atoms with Gasteiger partial charge in [0.1, 0.15) is 11.2 Å². The molecule has 3 N–H and O–H groups in total.